The maximum absolute atomic E-state index is 13.3. The van der Waals surface area contributed by atoms with Gasteiger partial charge in [-0.1, -0.05) is 6.08 Å². The summed E-state index contributed by atoms with van der Waals surface area (Å²) in [7, 11) is 0. The second-order valence-corrected chi connectivity index (χ2v) is 4.36. The Bertz CT molecular complexity index is 680. The Labute approximate surface area is 121 Å². The fraction of sp³-hybridized carbons (Fsp3) is 0.200. The minimum Gasteiger partial charge on any atom is -0.347 e. The number of nitrogens with one attached hydrogen (secondary N) is 1. The average Bonchev–Trinajstić information content (AvgIpc) is 2.92. The van der Waals surface area contributed by atoms with Crippen LogP contribution in [0.15, 0.2) is 36.9 Å². The van der Waals surface area contributed by atoms with Crippen LogP contribution in [-0.4, -0.2) is 22.2 Å². The highest BCUT2D eigenvalue weighted by Gasteiger charge is 2.15. The fourth-order valence-electron chi connectivity index (χ4n) is 1.91. The number of hydrogen-bond donors (Lipinski definition) is 1. The largest absolute Gasteiger partial charge is 0.347 e. The topological polar surface area (TPSA) is 46.9 Å². The molecule has 0 unspecified atom stereocenters. The Morgan fingerprint density at radius 2 is 2.14 bits per heavy atom. The summed E-state index contributed by atoms with van der Waals surface area (Å²) < 4.78 is 27.9. The molecule has 0 fully saturated rings. The van der Waals surface area contributed by atoms with Crippen molar-refractivity contribution in [2.24, 2.45) is 0 Å². The number of aromatic nitrogens is 2. The van der Waals surface area contributed by atoms with Gasteiger partial charge in [0, 0.05) is 18.7 Å². The first-order chi connectivity index (χ1) is 10.1. The lowest BCUT2D eigenvalue weighted by atomic mass is 10.1. The van der Waals surface area contributed by atoms with Gasteiger partial charge in [-0.15, -0.1) is 6.58 Å². The third kappa shape index (κ3) is 3.16. The Kier molecular flexibility index (Phi) is 4.47. The molecule has 2 rings (SSSR count). The fourth-order valence-corrected chi connectivity index (χ4v) is 1.91. The summed E-state index contributed by atoms with van der Waals surface area (Å²) in [6, 6.07) is 5.14. The Morgan fingerprint density at radius 1 is 1.38 bits per heavy atom. The summed E-state index contributed by atoms with van der Waals surface area (Å²) in [4.78, 5) is 11.9. The van der Waals surface area contributed by atoms with Gasteiger partial charge in [0.05, 0.1) is 5.69 Å². The molecule has 2 aromatic rings. The summed E-state index contributed by atoms with van der Waals surface area (Å²) in [6.45, 7) is 6.20. The van der Waals surface area contributed by atoms with Gasteiger partial charge in [-0.05, 0) is 31.2 Å². The number of aryl methyl sites for hydroxylation is 1. The minimum atomic E-state index is -0.936. The first-order valence-corrected chi connectivity index (χ1v) is 6.49. The molecule has 110 valence electrons. The number of carbonyl (C=O) groups excluding carboxylic acids is 1. The lowest BCUT2D eigenvalue weighted by Gasteiger charge is -2.04. The Morgan fingerprint density at radius 3 is 2.76 bits per heavy atom. The molecule has 0 aliphatic carbocycles. The molecular weight excluding hydrogens is 276 g/mol. The second-order valence-electron chi connectivity index (χ2n) is 4.36. The molecule has 0 spiro atoms. The van der Waals surface area contributed by atoms with E-state index in [1.807, 2.05) is 6.92 Å². The minimum absolute atomic E-state index is 0.221. The van der Waals surface area contributed by atoms with E-state index < -0.39 is 11.6 Å². The van der Waals surface area contributed by atoms with Crippen molar-refractivity contribution in [2.45, 2.75) is 13.5 Å². The maximum atomic E-state index is 13.3. The van der Waals surface area contributed by atoms with Gasteiger partial charge in [0.1, 0.15) is 0 Å². The Balaban J connectivity index is 2.39. The summed E-state index contributed by atoms with van der Waals surface area (Å²) >= 11 is 0. The highest BCUT2D eigenvalue weighted by molar-refractivity contribution is 5.93. The van der Waals surface area contributed by atoms with E-state index in [4.69, 9.17) is 0 Å². The number of benzene rings is 1. The highest BCUT2D eigenvalue weighted by atomic mass is 19.2. The maximum Gasteiger partial charge on any atom is 0.272 e. The van der Waals surface area contributed by atoms with E-state index in [2.05, 4.69) is 17.0 Å². The van der Waals surface area contributed by atoms with Gasteiger partial charge in [0.2, 0.25) is 0 Å². The van der Waals surface area contributed by atoms with Crippen LogP contribution in [-0.2, 0) is 6.54 Å². The molecule has 0 radical (unpaired) electrons. The van der Waals surface area contributed by atoms with E-state index in [-0.39, 0.29) is 11.6 Å². The first-order valence-electron chi connectivity index (χ1n) is 6.49. The smallest absolute Gasteiger partial charge is 0.272 e. The van der Waals surface area contributed by atoms with Gasteiger partial charge in [-0.3, -0.25) is 9.48 Å². The molecule has 0 saturated heterocycles. The van der Waals surface area contributed by atoms with E-state index in [0.29, 0.717) is 24.3 Å². The predicted molar refractivity (Wildman–Crippen MR) is 75.8 cm³/mol. The van der Waals surface area contributed by atoms with Crippen molar-refractivity contribution in [1.82, 2.24) is 15.1 Å². The van der Waals surface area contributed by atoms with Crippen LogP contribution in [0.4, 0.5) is 8.78 Å². The van der Waals surface area contributed by atoms with Gasteiger partial charge in [0.25, 0.3) is 5.91 Å². The molecule has 1 N–H and O–H groups in total. The molecule has 1 aromatic heterocycles. The molecule has 4 nitrogen and oxygen atoms in total. The number of nitrogens with zero attached hydrogens (tertiary/aromatic N) is 2. The van der Waals surface area contributed by atoms with E-state index >= 15 is 0 Å². The zero-order valence-corrected chi connectivity index (χ0v) is 11.6. The predicted octanol–water partition coefficient (Wildman–Crippen LogP) is 2.76. The van der Waals surface area contributed by atoms with E-state index in [9.17, 15) is 13.6 Å². The molecule has 21 heavy (non-hydrogen) atoms. The SMILES string of the molecule is C=CCNC(=O)c1cc(-c2ccc(F)c(F)c2)n(CC)n1. The molecule has 1 amide bonds. The molecule has 0 aliphatic rings. The van der Waals surface area contributed by atoms with Gasteiger partial charge in [0.15, 0.2) is 17.3 Å². The van der Waals surface area contributed by atoms with Crippen LogP contribution in [0.5, 0.6) is 0 Å². The number of hydrogen-bond acceptors (Lipinski definition) is 2. The molecule has 0 atom stereocenters. The monoisotopic (exact) mass is 291 g/mol. The molecule has 1 heterocycles. The molecule has 1 aromatic carbocycles. The average molecular weight is 291 g/mol. The molecule has 0 saturated carbocycles. The summed E-state index contributed by atoms with van der Waals surface area (Å²) in [6.07, 6.45) is 1.56. The van der Waals surface area contributed by atoms with Crippen molar-refractivity contribution in [3.05, 3.63) is 54.2 Å². The van der Waals surface area contributed by atoms with E-state index in [1.165, 1.54) is 6.07 Å². The van der Waals surface area contributed by atoms with Crippen LogP contribution in [0.3, 0.4) is 0 Å². The highest BCUT2D eigenvalue weighted by Crippen LogP contribution is 2.22. The van der Waals surface area contributed by atoms with Crippen LogP contribution < -0.4 is 5.32 Å². The zero-order chi connectivity index (χ0) is 15.4. The normalized spacial score (nSPS) is 10.4. The standard InChI is InChI=1S/C15H15F2N3O/c1-3-7-18-15(21)13-9-14(20(4-2)19-13)10-5-6-11(16)12(17)8-10/h3,5-6,8-9H,1,4,7H2,2H3,(H,18,21). The van der Waals surface area contributed by atoms with Crippen LogP contribution in [0, 0.1) is 11.6 Å². The number of amides is 1. The van der Waals surface area contributed by atoms with Gasteiger partial charge in [-0.2, -0.15) is 5.10 Å². The van der Waals surface area contributed by atoms with Crippen molar-refractivity contribution >= 4 is 5.91 Å². The molecule has 6 heteroatoms. The third-order valence-corrected chi connectivity index (χ3v) is 2.93. The van der Waals surface area contributed by atoms with Crippen molar-refractivity contribution in [2.75, 3.05) is 6.54 Å². The van der Waals surface area contributed by atoms with E-state index in [1.54, 1.807) is 16.8 Å². The van der Waals surface area contributed by atoms with Crippen LogP contribution in [0.2, 0.25) is 0 Å². The zero-order valence-electron chi connectivity index (χ0n) is 11.6. The van der Waals surface area contributed by atoms with Crippen LogP contribution in [0.25, 0.3) is 11.3 Å². The first kappa shape index (κ1) is 14.9. The van der Waals surface area contributed by atoms with Gasteiger partial charge < -0.3 is 5.32 Å². The lowest BCUT2D eigenvalue weighted by Crippen LogP contribution is -2.23. The van der Waals surface area contributed by atoms with Crippen LogP contribution >= 0.6 is 0 Å². The summed E-state index contributed by atoms with van der Waals surface area (Å²) in [5.74, 6) is -2.19. The third-order valence-electron chi connectivity index (χ3n) is 2.93. The molecule has 0 aliphatic heterocycles. The van der Waals surface area contributed by atoms with Crippen molar-refractivity contribution < 1.29 is 13.6 Å². The van der Waals surface area contributed by atoms with Crippen molar-refractivity contribution in [1.29, 1.82) is 0 Å². The van der Waals surface area contributed by atoms with Gasteiger partial charge in [-0.25, -0.2) is 8.78 Å². The number of halogens is 2. The molecular formula is C15H15F2N3O. The van der Waals surface area contributed by atoms with Crippen LogP contribution in [0.1, 0.15) is 17.4 Å². The van der Waals surface area contributed by atoms with E-state index in [0.717, 1.165) is 12.1 Å². The van der Waals surface area contributed by atoms with Crippen molar-refractivity contribution in [3.63, 3.8) is 0 Å². The summed E-state index contributed by atoms with van der Waals surface area (Å²) in [5.41, 5.74) is 1.24. The number of carbonyl (C=O) groups is 1. The Hall–Kier alpha value is -2.50. The second kappa shape index (κ2) is 6.30. The molecule has 0 bridgehead atoms. The van der Waals surface area contributed by atoms with Gasteiger partial charge >= 0.3 is 0 Å². The lowest BCUT2D eigenvalue weighted by molar-refractivity contribution is 0.0952. The summed E-state index contributed by atoms with van der Waals surface area (Å²) in [5, 5.41) is 6.78. The van der Waals surface area contributed by atoms with Crippen molar-refractivity contribution in [3.8, 4) is 11.3 Å². The quantitative estimate of drug-likeness (QED) is 0.861. The number of rotatable bonds is 5.